The van der Waals surface area contributed by atoms with Gasteiger partial charge in [0.15, 0.2) is 5.82 Å². The molecule has 0 bridgehead atoms. The Kier molecular flexibility index (Phi) is 4.04. The van der Waals surface area contributed by atoms with Gasteiger partial charge in [0.05, 0.1) is 0 Å². The number of aromatic amines is 1. The highest BCUT2D eigenvalue weighted by molar-refractivity contribution is 7.98. The third-order valence-corrected chi connectivity index (χ3v) is 3.92. The van der Waals surface area contributed by atoms with E-state index in [2.05, 4.69) is 15.2 Å². The topological polar surface area (TPSA) is 41.6 Å². The van der Waals surface area contributed by atoms with Gasteiger partial charge in [-0.25, -0.2) is 4.98 Å². The van der Waals surface area contributed by atoms with E-state index in [1.807, 2.05) is 54.6 Å². The summed E-state index contributed by atoms with van der Waals surface area (Å²) in [5, 5.41) is 8.68. The Morgan fingerprint density at radius 1 is 1.05 bits per heavy atom. The Bertz CT molecular complexity index is 697. The van der Waals surface area contributed by atoms with Gasteiger partial charge in [0.25, 0.3) is 0 Å². The zero-order valence-electron chi connectivity index (χ0n) is 10.6. The fourth-order valence-corrected chi connectivity index (χ4v) is 2.76. The molecule has 1 aromatic heterocycles. The van der Waals surface area contributed by atoms with Crippen molar-refractivity contribution in [1.29, 1.82) is 0 Å². The minimum atomic E-state index is 0.740. The number of thioether (sulfide) groups is 1. The second-order valence-corrected chi connectivity index (χ2v) is 5.63. The van der Waals surface area contributed by atoms with Gasteiger partial charge in [-0.3, -0.25) is 5.10 Å². The van der Waals surface area contributed by atoms with Crippen molar-refractivity contribution in [2.24, 2.45) is 0 Å². The maximum absolute atomic E-state index is 5.96. The van der Waals surface area contributed by atoms with Crippen molar-refractivity contribution in [2.45, 2.75) is 10.9 Å². The second kappa shape index (κ2) is 6.11. The third kappa shape index (κ3) is 3.21. The van der Waals surface area contributed by atoms with Gasteiger partial charge in [-0.05, 0) is 17.7 Å². The van der Waals surface area contributed by atoms with E-state index in [1.54, 1.807) is 11.8 Å². The van der Waals surface area contributed by atoms with Gasteiger partial charge in [-0.2, -0.15) is 0 Å². The van der Waals surface area contributed by atoms with Crippen molar-refractivity contribution < 1.29 is 0 Å². The van der Waals surface area contributed by atoms with E-state index in [0.717, 1.165) is 32.9 Å². The first-order valence-electron chi connectivity index (χ1n) is 6.16. The van der Waals surface area contributed by atoms with Crippen molar-refractivity contribution in [2.75, 3.05) is 0 Å². The lowest BCUT2D eigenvalue weighted by Crippen LogP contribution is -1.82. The number of H-pyrrole nitrogens is 1. The SMILES string of the molecule is Clc1cccc(CSc2n[nH]c(-c3ccccc3)n2)c1. The number of nitrogens with one attached hydrogen (secondary N) is 1. The lowest BCUT2D eigenvalue weighted by molar-refractivity contribution is 0.973. The lowest BCUT2D eigenvalue weighted by atomic mass is 10.2. The minimum Gasteiger partial charge on any atom is -0.258 e. The number of benzene rings is 2. The number of nitrogens with zero attached hydrogens (tertiary/aromatic N) is 2. The van der Waals surface area contributed by atoms with Gasteiger partial charge in [0.2, 0.25) is 5.16 Å². The van der Waals surface area contributed by atoms with Crippen molar-refractivity contribution in [1.82, 2.24) is 15.2 Å². The fraction of sp³-hybridized carbons (Fsp3) is 0.0667. The molecule has 0 saturated heterocycles. The van der Waals surface area contributed by atoms with E-state index in [-0.39, 0.29) is 0 Å². The lowest BCUT2D eigenvalue weighted by Gasteiger charge is -1.98. The minimum absolute atomic E-state index is 0.740. The van der Waals surface area contributed by atoms with Gasteiger partial charge in [0.1, 0.15) is 0 Å². The molecule has 0 aliphatic heterocycles. The van der Waals surface area contributed by atoms with E-state index in [0.29, 0.717) is 0 Å². The molecule has 0 aliphatic rings. The molecule has 0 unspecified atom stereocenters. The molecular weight excluding hydrogens is 290 g/mol. The molecule has 0 fully saturated rings. The summed E-state index contributed by atoms with van der Waals surface area (Å²) in [5.41, 5.74) is 2.20. The molecular formula is C15H12ClN3S. The van der Waals surface area contributed by atoms with Gasteiger partial charge in [-0.1, -0.05) is 65.8 Å². The number of rotatable bonds is 4. The summed E-state index contributed by atoms with van der Waals surface area (Å²) >= 11 is 7.55. The van der Waals surface area contributed by atoms with E-state index >= 15 is 0 Å². The largest absolute Gasteiger partial charge is 0.258 e. The first-order valence-corrected chi connectivity index (χ1v) is 7.53. The first-order chi connectivity index (χ1) is 9.81. The molecule has 100 valence electrons. The van der Waals surface area contributed by atoms with Crippen LogP contribution in [0.25, 0.3) is 11.4 Å². The van der Waals surface area contributed by atoms with Crippen LogP contribution in [-0.4, -0.2) is 15.2 Å². The normalized spacial score (nSPS) is 10.7. The molecule has 0 aliphatic carbocycles. The molecule has 20 heavy (non-hydrogen) atoms. The van der Waals surface area contributed by atoms with Crippen LogP contribution in [0.3, 0.4) is 0 Å². The van der Waals surface area contributed by atoms with Crippen LogP contribution in [0.5, 0.6) is 0 Å². The molecule has 3 nitrogen and oxygen atoms in total. The van der Waals surface area contributed by atoms with Gasteiger partial charge in [-0.15, -0.1) is 5.10 Å². The maximum atomic E-state index is 5.96. The molecule has 5 heteroatoms. The molecule has 0 spiro atoms. The standard InChI is InChI=1S/C15H12ClN3S/c16-13-8-4-5-11(9-13)10-20-15-17-14(18-19-15)12-6-2-1-3-7-12/h1-9H,10H2,(H,17,18,19). The van der Waals surface area contributed by atoms with Crippen molar-refractivity contribution in [3.8, 4) is 11.4 Å². The van der Waals surface area contributed by atoms with E-state index < -0.39 is 0 Å². The van der Waals surface area contributed by atoms with E-state index in [4.69, 9.17) is 11.6 Å². The highest BCUT2D eigenvalue weighted by Crippen LogP contribution is 2.23. The molecule has 0 radical (unpaired) electrons. The average molecular weight is 302 g/mol. The Morgan fingerprint density at radius 2 is 1.90 bits per heavy atom. The van der Waals surface area contributed by atoms with E-state index in [9.17, 15) is 0 Å². The predicted molar refractivity (Wildman–Crippen MR) is 82.8 cm³/mol. The number of aromatic nitrogens is 3. The van der Waals surface area contributed by atoms with Crippen LogP contribution in [0, 0.1) is 0 Å². The van der Waals surface area contributed by atoms with Gasteiger partial charge in [0, 0.05) is 16.3 Å². The van der Waals surface area contributed by atoms with Crippen LogP contribution in [-0.2, 0) is 5.75 Å². The molecule has 0 amide bonds. The van der Waals surface area contributed by atoms with Crippen LogP contribution in [0.4, 0.5) is 0 Å². The summed E-state index contributed by atoms with van der Waals surface area (Å²) < 4.78 is 0. The van der Waals surface area contributed by atoms with Crippen LogP contribution in [0.15, 0.2) is 59.8 Å². The zero-order chi connectivity index (χ0) is 13.8. The van der Waals surface area contributed by atoms with Gasteiger partial charge >= 0.3 is 0 Å². The summed E-state index contributed by atoms with van der Waals surface area (Å²) in [5.74, 6) is 1.59. The third-order valence-electron chi connectivity index (χ3n) is 2.77. The van der Waals surface area contributed by atoms with E-state index in [1.165, 1.54) is 0 Å². The number of hydrogen-bond acceptors (Lipinski definition) is 3. The highest BCUT2D eigenvalue weighted by Gasteiger charge is 2.06. The molecule has 1 heterocycles. The molecule has 1 N–H and O–H groups in total. The maximum Gasteiger partial charge on any atom is 0.209 e. The summed E-state index contributed by atoms with van der Waals surface area (Å²) in [6, 6.07) is 17.8. The summed E-state index contributed by atoms with van der Waals surface area (Å²) in [6.07, 6.45) is 0. The molecule has 3 aromatic rings. The molecule has 0 saturated carbocycles. The number of hydrogen-bond donors (Lipinski definition) is 1. The smallest absolute Gasteiger partial charge is 0.209 e. The van der Waals surface area contributed by atoms with Crippen LogP contribution >= 0.6 is 23.4 Å². The summed E-state index contributed by atoms with van der Waals surface area (Å²) in [6.45, 7) is 0. The quantitative estimate of drug-likeness (QED) is 0.725. The zero-order valence-corrected chi connectivity index (χ0v) is 12.2. The van der Waals surface area contributed by atoms with Gasteiger partial charge < -0.3 is 0 Å². The summed E-state index contributed by atoms with van der Waals surface area (Å²) in [7, 11) is 0. The average Bonchev–Trinajstić information content (AvgIpc) is 2.95. The Hall–Kier alpha value is -1.78. The first kappa shape index (κ1) is 13.2. The molecule has 2 aromatic carbocycles. The van der Waals surface area contributed by atoms with Crippen LogP contribution in [0.2, 0.25) is 5.02 Å². The van der Waals surface area contributed by atoms with Crippen LogP contribution in [0.1, 0.15) is 5.56 Å². The molecule has 0 atom stereocenters. The Morgan fingerprint density at radius 3 is 2.70 bits per heavy atom. The monoisotopic (exact) mass is 301 g/mol. The fourth-order valence-electron chi connectivity index (χ4n) is 1.81. The van der Waals surface area contributed by atoms with Crippen molar-refractivity contribution in [3.63, 3.8) is 0 Å². The Labute approximate surface area is 126 Å². The van der Waals surface area contributed by atoms with Crippen molar-refractivity contribution >= 4 is 23.4 Å². The highest BCUT2D eigenvalue weighted by atomic mass is 35.5. The predicted octanol–water partition coefficient (Wildman–Crippen LogP) is 4.42. The van der Waals surface area contributed by atoms with Crippen LogP contribution < -0.4 is 0 Å². The Balaban J connectivity index is 1.69. The summed E-state index contributed by atoms with van der Waals surface area (Å²) in [4.78, 5) is 4.48. The second-order valence-electron chi connectivity index (χ2n) is 4.25. The van der Waals surface area contributed by atoms with Crippen molar-refractivity contribution in [3.05, 3.63) is 65.2 Å². The molecule has 3 rings (SSSR count). The number of halogens is 1.